The van der Waals surface area contributed by atoms with E-state index in [2.05, 4.69) is 9.98 Å². The first kappa shape index (κ1) is 13.5. The van der Waals surface area contributed by atoms with Gasteiger partial charge in [0, 0.05) is 11.6 Å². The van der Waals surface area contributed by atoms with E-state index in [1.54, 1.807) is 26.3 Å². The van der Waals surface area contributed by atoms with Crippen LogP contribution in [0.4, 0.5) is 5.13 Å². The maximum atomic E-state index is 12.4. The van der Waals surface area contributed by atoms with Crippen molar-refractivity contribution in [2.75, 3.05) is 12.0 Å². The van der Waals surface area contributed by atoms with Crippen molar-refractivity contribution >= 4 is 34.3 Å². The van der Waals surface area contributed by atoms with Gasteiger partial charge in [0.1, 0.15) is 17.3 Å². The summed E-state index contributed by atoms with van der Waals surface area (Å²) in [5, 5.41) is 2.47. The van der Waals surface area contributed by atoms with Crippen LogP contribution in [-0.2, 0) is 4.79 Å². The van der Waals surface area contributed by atoms with Crippen molar-refractivity contribution in [3.8, 4) is 5.75 Å². The fraction of sp³-hybridized carbons (Fsp3) is 0.133. The number of anilines is 1. The molecule has 1 aliphatic heterocycles. The van der Waals surface area contributed by atoms with Crippen LogP contribution in [0.15, 0.2) is 46.5 Å². The van der Waals surface area contributed by atoms with E-state index in [1.807, 2.05) is 29.6 Å². The number of hydrogen-bond donors (Lipinski definition) is 0. The van der Waals surface area contributed by atoms with Crippen LogP contribution >= 0.6 is 11.3 Å². The molecule has 106 valence electrons. The van der Waals surface area contributed by atoms with Crippen LogP contribution in [0.5, 0.6) is 5.75 Å². The second kappa shape index (κ2) is 5.49. The van der Waals surface area contributed by atoms with E-state index in [0.29, 0.717) is 16.7 Å². The fourth-order valence-corrected chi connectivity index (χ4v) is 2.72. The van der Waals surface area contributed by atoms with Gasteiger partial charge < -0.3 is 4.74 Å². The van der Waals surface area contributed by atoms with E-state index in [4.69, 9.17) is 4.74 Å². The Labute approximate surface area is 126 Å². The highest BCUT2D eigenvalue weighted by Crippen LogP contribution is 2.26. The van der Waals surface area contributed by atoms with Gasteiger partial charge in [-0.3, -0.25) is 4.79 Å². The van der Waals surface area contributed by atoms with Crippen molar-refractivity contribution in [3.05, 3.63) is 47.1 Å². The van der Waals surface area contributed by atoms with Gasteiger partial charge in [-0.2, -0.15) is 0 Å². The maximum Gasteiger partial charge on any atom is 0.284 e. The van der Waals surface area contributed by atoms with Crippen LogP contribution in [0, 0.1) is 0 Å². The van der Waals surface area contributed by atoms with Crippen LogP contribution in [0.25, 0.3) is 6.08 Å². The Hall–Kier alpha value is -2.47. The number of amides is 1. The number of aliphatic imine (C=N–C) groups is 1. The lowest BCUT2D eigenvalue weighted by Gasteiger charge is -2.11. The van der Waals surface area contributed by atoms with E-state index >= 15 is 0 Å². The highest BCUT2D eigenvalue weighted by molar-refractivity contribution is 7.14. The number of rotatable bonds is 3. The molecule has 1 aliphatic rings. The molecule has 0 saturated heterocycles. The monoisotopic (exact) mass is 299 g/mol. The second-order valence-electron chi connectivity index (χ2n) is 4.42. The summed E-state index contributed by atoms with van der Waals surface area (Å²) in [6, 6.07) is 7.47. The molecule has 0 bridgehead atoms. The summed E-state index contributed by atoms with van der Waals surface area (Å²) in [5.41, 5.74) is 1.31. The van der Waals surface area contributed by atoms with Gasteiger partial charge in [0.15, 0.2) is 5.13 Å². The first-order valence-corrected chi connectivity index (χ1v) is 7.22. The molecule has 3 rings (SSSR count). The Morgan fingerprint density at radius 3 is 2.67 bits per heavy atom. The van der Waals surface area contributed by atoms with Crippen LogP contribution in [0.3, 0.4) is 0 Å². The van der Waals surface area contributed by atoms with E-state index in [1.165, 1.54) is 16.2 Å². The molecule has 0 unspecified atom stereocenters. The predicted molar refractivity (Wildman–Crippen MR) is 83.7 cm³/mol. The third-order valence-corrected chi connectivity index (χ3v) is 3.81. The molecule has 2 aromatic rings. The third kappa shape index (κ3) is 2.57. The van der Waals surface area contributed by atoms with Gasteiger partial charge in [-0.05, 0) is 30.7 Å². The van der Waals surface area contributed by atoms with Gasteiger partial charge in [0.2, 0.25) is 0 Å². The Bertz CT molecular complexity index is 718. The quantitative estimate of drug-likeness (QED) is 0.819. The van der Waals surface area contributed by atoms with Gasteiger partial charge >= 0.3 is 0 Å². The van der Waals surface area contributed by atoms with Gasteiger partial charge in [0.05, 0.1) is 7.11 Å². The minimum Gasteiger partial charge on any atom is -0.497 e. The average Bonchev–Trinajstić information content (AvgIpc) is 3.09. The molecule has 0 N–H and O–H groups in total. The first-order chi connectivity index (χ1) is 10.2. The zero-order valence-corrected chi connectivity index (χ0v) is 12.4. The molecular formula is C15H13N3O2S. The van der Waals surface area contributed by atoms with Crippen molar-refractivity contribution in [3.63, 3.8) is 0 Å². The Morgan fingerprint density at radius 1 is 1.29 bits per heavy atom. The number of thiazole rings is 1. The Morgan fingerprint density at radius 2 is 2.05 bits per heavy atom. The number of carbonyl (C=O) groups is 1. The second-order valence-corrected chi connectivity index (χ2v) is 5.29. The molecule has 21 heavy (non-hydrogen) atoms. The van der Waals surface area contributed by atoms with Crippen molar-refractivity contribution in [1.82, 2.24) is 4.98 Å². The summed E-state index contributed by atoms with van der Waals surface area (Å²) in [6.07, 6.45) is 3.44. The normalized spacial score (nSPS) is 16.5. The van der Waals surface area contributed by atoms with Crippen LogP contribution in [-0.4, -0.2) is 23.8 Å². The molecule has 6 heteroatoms. The molecule has 1 amide bonds. The summed E-state index contributed by atoms with van der Waals surface area (Å²) in [5.74, 6) is 1.26. The van der Waals surface area contributed by atoms with Crippen molar-refractivity contribution < 1.29 is 9.53 Å². The number of hydrogen-bond acceptors (Lipinski definition) is 5. The SMILES string of the molecule is COc1ccc(/C=C2/N=C(C)N(c3nccs3)C2=O)cc1. The van der Waals surface area contributed by atoms with Gasteiger partial charge in [-0.15, -0.1) is 11.3 Å². The van der Waals surface area contributed by atoms with Gasteiger partial charge in [0.25, 0.3) is 5.91 Å². The Kier molecular flexibility index (Phi) is 3.53. The number of benzene rings is 1. The number of nitrogens with zero attached hydrogens (tertiary/aromatic N) is 3. The number of ether oxygens (including phenoxy) is 1. The molecule has 0 spiro atoms. The van der Waals surface area contributed by atoms with E-state index in [-0.39, 0.29) is 5.91 Å². The largest absolute Gasteiger partial charge is 0.497 e. The molecule has 1 aromatic carbocycles. The van der Waals surface area contributed by atoms with Crippen molar-refractivity contribution in [2.45, 2.75) is 6.92 Å². The topological polar surface area (TPSA) is 54.8 Å². The minimum absolute atomic E-state index is 0.154. The summed E-state index contributed by atoms with van der Waals surface area (Å²) in [6.45, 7) is 1.80. The van der Waals surface area contributed by atoms with E-state index in [0.717, 1.165) is 11.3 Å². The highest BCUT2D eigenvalue weighted by atomic mass is 32.1. The molecule has 0 atom stereocenters. The standard InChI is InChI=1S/C15H13N3O2S/c1-10-17-13(9-11-3-5-12(20-2)6-4-11)14(19)18(10)15-16-7-8-21-15/h3-9H,1-2H3/b13-9+. The molecule has 0 aliphatic carbocycles. The molecule has 0 radical (unpaired) electrons. The lowest BCUT2D eigenvalue weighted by atomic mass is 10.2. The summed E-state index contributed by atoms with van der Waals surface area (Å²) in [4.78, 5) is 22.5. The lowest BCUT2D eigenvalue weighted by molar-refractivity contribution is -0.113. The molecule has 5 nitrogen and oxygen atoms in total. The zero-order valence-electron chi connectivity index (χ0n) is 11.6. The third-order valence-electron chi connectivity index (χ3n) is 3.06. The lowest BCUT2D eigenvalue weighted by Crippen LogP contribution is -2.29. The summed E-state index contributed by atoms with van der Waals surface area (Å²) >= 11 is 1.41. The van der Waals surface area contributed by atoms with Crippen LogP contribution in [0.1, 0.15) is 12.5 Å². The van der Waals surface area contributed by atoms with Crippen LogP contribution < -0.4 is 9.64 Å². The summed E-state index contributed by atoms with van der Waals surface area (Å²) < 4.78 is 5.11. The van der Waals surface area contributed by atoms with Crippen molar-refractivity contribution in [1.29, 1.82) is 0 Å². The summed E-state index contributed by atoms with van der Waals surface area (Å²) in [7, 11) is 1.62. The van der Waals surface area contributed by atoms with Gasteiger partial charge in [-0.25, -0.2) is 14.9 Å². The highest BCUT2D eigenvalue weighted by Gasteiger charge is 2.30. The first-order valence-electron chi connectivity index (χ1n) is 6.34. The Balaban J connectivity index is 1.89. The molecule has 2 heterocycles. The number of amidine groups is 1. The zero-order chi connectivity index (χ0) is 14.8. The van der Waals surface area contributed by atoms with Crippen LogP contribution in [0.2, 0.25) is 0 Å². The molecule has 0 saturated carbocycles. The maximum absolute atomic E-state index is 12.4. The van der Waals surface area contributed by atoms with Crippen molar-refractivity contribution in [2.24, 2.45) is 4.99 Å². The van der Waals surface area contributed by atoms with Gasteiger partial charge in [-0.1, -0.05) is 12.1 Å². The number of carbonyl (C=O) groups excluding carboxylic acids is 1. The molecule has 1 aromatic heterocycles. The molecular weight excluding hydrogens is 286 g/mol. The smallest absolute Gasteiger partial charge is 0.284 e. The minimum atomic E-state index is -0.154. The fourth-order valence-electron chi connectivity index (χ4n) is 2.04. The van der Waals surface area contributed by atoms with E-state index < -0.39 is 0 Å². The van der Waals surface area contributed by atoms with E-state index in [9.17, 15) is 4.79 Å². The number of aromatic nitrogens is 1. The average molecular weight is 299 g/mol. The number of methoxy groups -OCH3 is 1. The molecule has 0 fully saturated rings. The predicted octanol–water partition coefficient (Wildman–Crippen LogP) is 2.96.